The first-order chi connectivity index (χ1) is 6.03. The van der Waals surface area contributed by atoms with Gasteiger partial charge in [-0.25, -0.2) is 0 Å². The van der Waals surface area contributed by atoms with Crippen molar-refractivity contribution < 1.29 is 0 Å². The van der Waals surface area contributed by atoms with Crippen LogP contribution in [-0.4, -0.2) is 54.3 Å². The predicted octanol–water partition coefficient (Wildman–Crippen LogP) is 1.59. The molecule has 2 nitrogen and oxygen atoms in total. The number of nitrogens with zero attached hydrogens (tertiary/aromatic N) is 2. The third-order valence-corrected chi connectivity index (χ3v) is 4.55. The van der Waals surface area contributed by atoms with Gasteiger partial charge in [-0.05, 0) is 20.9 Å². The van der Waals surface area contributed by atoms with Crippen molar-refractivity contribution in [3.05, 3.63) is 0 Å². The largest absolute Gasteiger partial charge is 0.304 e. The first-order valence-corrected chi connectivity index (χ1v) is 6.64. The van der Waals surface area contributed by atoms with E-state index in [0.717, 1.165) is 6.54 Å². The van der Waals surface area contributed by atoms with Crippen LogP contribution in [0.25, 0.3) is 0 Å². The van der Waals surface area contributed by atoms with Gasteiger partial charge in [0.05, 0.1) is 0 Å². The summed E-state index contributed by atoms with van der Waals surface area (Å²) in [5, 5.41) is 0. The lowest BCUT2D eigenvalue weighted by atomic mass is 10.2. The van der Waals surface area contributed by atoms with E-state index in [4.69, 9.17) is 0 Å². The van der Waals surface area contributed by atoms with E-state index in [2.05, 4.69) is 42.4 Å². The van der Waals surface area contributed by atoms with E-state index < -0.39 is 0 Å². The molecule has 0 bridgehead atoms. The molecule has 0 aromatic rings. The van der Waals surface area contributed by atoms with Crippen molar-refractivity contribution in [3.63, 3.8) is 0 Å². The second-order valence-corrected chi connectivity index (χ2v) is 6.27. The van der Waals surface area contributed by atoms with E-state index in [1.165, 1.54) is 26.2 Å². The van der Waals surface area contributed by atoms with Gasteiger partial charge < -0.3 is 4.90 Å². The molecule has 0 N–H and O–H groups in total. The molecule has 4 heteroatoms. The van der Waals surface area contributed by atoms with Gasteiger partial charge in [0.2, 0.25) is 0 Å². The molecule has 0 spiro atoms. The van der Waals surface area contributed by atoms with E-state index in [0.29, 0.717) is 0 Å². The number of likely N-dealkylation sites (N-methyl/N-ethyl adjacent to an activating group) is 1. The highest BCUT2D eigenvalue weighted by Gasteiger charge is 2.23. The van der Waals surface area contributed by atoms with Crippen molar-refractivity contribution >= 4 is 22.5 Å². The average Bonchev–Trinajstić information content (AvgIpc) is 2.09. The van der Waals surface area contributed by atoms with Gasteiger partial charge >= 0.3 is 0 Å². The van der Waals surface area contributed by atoms with Gasteiger partial charge in [-0.1, -0.05) is 10.8 Å². The van der Waals surface area contributed by atoms with Crippen molar-refractivity contribution in [1.29, 1.82) is 0 Å². The minimum Gasteiger partial charge on any atom is -0.304 e. The molecule has 0 atom stereocenters. The Bertz CT molecular complexity index is 154. The van der Waals surface area contributed by atoms with Crippen LogP contribution in [0.5, 0.6) is 0 Å². The maximum absolute atomic E-state index is 4.30. The molecule has 1 heterocycles. The van der Waals surface area contributed by atoms with Crippen LogP contribution in [0.15, 0.2) is 0 Å². The SMILES string of the molecule is CN1CCN(CC(C)(C)SS)CC1. The van der Waals surface area contributed by atoms with Crippen molar-refractivity contribution in [2.75, 3.05) is 39.8 Å². The van der Waals surface area contributed by atoms with Gasteiger partial charge in [-0.15, -0.1) is 11.7 Å². The van der Waals surface area contributed by atoms with E-state index in [1.54, 1.807) is 10.8 Å². The number of rotatable bonds is 3. The van der Waals surface area contributed by atoms with E-state index in [1.807, 2.05) is 0 Å². The highest BCUT2D eigenvalue weighted by atomic mass is 33.1. The Balaban J connectivity index is 2.30. The highest BCUT2D eigenvalue weighted by molar-refractivity contribution is 8.69. The second kappa shape index (κ2) is 4.91. The first-order valence-electron chi connectivity index (χ1n) is 4.77. The number of hydrogen-bond donors (Lipinski definition) is 1. The smallest absolute Gasteiger partial charge is 0.0331 e. The summed E-state index contributed by atoms with van der Waals surface area (Å²) in [4.78, 5) is 4.92. The summed E-state index contributed by atoms with van der Waals surface area (Å²) < 4.78 is 0.277. The maximum atomic E-state index is 4.30. The van der Waals surface area contributed by atoms with Crippen LogP contribution in [0.3, 0.4) is 0 Å². The lowest BCUT2D eigenvalue weighted by Gasteiger charge is -2.36. The van der Waals surface area contributed by atoms with Crippen LogP contribution in [0.1, 0.15) is 13.8 Å². The molecule has 0 unspecified atom stereocenters. The Morgan fingerprint density at radius 3 is 2.23 bits per heavy atom. The Morgan fingerprint density at radius 1 is 1.23 bits per heavy atom. The molecular formula is C9H20N2S2. The van der Waals surface area contributed by atoms with Crippen LogP contribution in [-0.2, 0) is 0 Å². The third kappa shape index (κ3) is 4.11. The van der Waals surface area contributed by atoms with E-state index in [-0.39, 0.29) is 4.75 Å². The fourth-order valence-electron chi connectivity index (χ4n) is 1.57. The molecule has 1 aliphatic rings. The molecule has 1 aliphatic heterocycles. The lowest BCUT2D eigenvalue weighted by Crippen LogP contribution is -2.48. The summed E-state index contributed by atoms with van der Waals surface area (Å²) in [7, 11) is 3.85. The van der Waals surface area contributed by atoms with Crippen LogP contribution >= 0.6 is 22.5 Å². The molecular weight excluding hydrogens is 200 g/mol. The van der Waals surface area contributed by atoms with Crippen molar-refractivity contribution in [2.45, 2.75) is 18.6 Å². The topological polar surface area (TPSA) is 6.48 Å². The van der Waals surface area contributed by atoms with Gasteiger partial charge in [-0.2, -0.15) is 0 Å². The zero-order valence-electron chi connectivity index (χ0n) is 8.79. The third-order valence-electron chi connectivity index (χ3n) is 2.45. The van der Waals surface area contributed by atoms with Crippen LogP contribution in [0, 0.1) is 0 Å². The normalized spacial score (nSPS) is 22.2. The molecule has 1 rings (SSSR count). The van der Waals surface area contributed by atoms with Crippen LogP contribution in [0.4, 0.5) is 0 Å². The van der Waals surface area contributed by atoms with Gasteiger partial charge in [0, 0.05) is 37.5 Å². The van der Waals surface area contributed by atoms with Crippen LogP contribution < -0.4 is 0 Å². The molecule has 0 amide bonds. The van der Waals surface area contributed by atoms with E-state index >= 15 is 0 Å². The maximum Gasteiger partial charge on any atom is 0.0331 e. The molecule has 78 valence electrons. The van der Waals surface area contributed by atoms with Gasteiger partial charge in [0.25, 0.3) is 0 Å². The zero-order chi connectivity index (χ0) is 9.90. The Kier molecular flexibility index (Phi) is 4.42. The Morgan fingerprint density at radius 2 is 1.77 bits per heavy atom. The molecule has 1 fully saturated rings. The van der Waals surface area contributed by atoms with Crippen molar-refractivity contribution in [3.8, 4) is 0 Å². The summed E-state index contributed by atoms with van der Waals surface area (Å²) in [5.74, 6) is 0. The summed E-state index contributed by atoms with van der Waals surface area (Å²) in [6, 6.07) is 0. The minimum absolute atomic E-state index is 0.277. The molecule has 0 aliphatic carbocycles. The van der Waals surface area contributed by atoms with Crippen molar-refractivity contribution in [1.82, 2.24) is 9.80 Å². The van der Waals surface area contributed by atoms with Gasteiger partial charge in [-0.3, -0.25) is 4.90 Å². The Labute approximate surface area is 90.9 Å². The summed E-state index contributed by atoms with van der Waals surface area (Å²) in [6.45, 7) is 10.5. The first kappa shape index (κ1) is 11.7. The van der Waals surface area contributed by atoms with E-state index in [9.17, 15) is 0 Å². The fourth-order valence-corrected chi connectivity index (χ4v) is 1.99. The summed E-state index contributed by atoms with van der Waals surface area (Å²) in [6.07, 6.45) is 0. The summed E-state index contributed by atoms with van der Waals surface area (Å²) in [5.41, 5.74) is 0. The highest BCUT2D eigenvalue weighted by Crippen LogP contribution is 2.28. The molecule has 0 aromatic heterocycles. The average molecular weight is 220 g/mol. The minimum atomic E-state index is 0.277. The monoisotopic (exact) mass is 220 g/mol. The molecule has 13 heavy (non-hydrogen) atoms. The number of thiol groups is 1. The van der Waals surface area contributed by atoms with Gasteiger partial charge in [0.1, 0.15) is 0 Å². The van der Waals surface area contributed by atoms with Crippen molar-refractivity contribution in [2.24, 2.45) is 0 Å². The lowest BCUT2D eigenvalue weighted by molar-refractivity contribution is 0.147. The van der Waals surface area contributed by atoms with Crippen LogP contribution in [0.2, 0.25) is 0 Å². The summed E-state index contributed by atoms with van der Waals surface area (Å²) >= 11 is 4.30. The fraction of sp³-hybridized carbons (Fsp3) is 1.00. The second-order valence-electron chi connectivity index (χ2n) is 4.43. The molecule has 0 saturated carbocycles. The standard InChI is InChI=1S/C9H20N2S2/c1-9(2,13-12)8-11-6-4-10(3)5-7-11/h12H,4-8H2,1-3H3. The molecule has 1 saturated heterocycles. The molecule has 0 radical (unpaired) electrons. The predicted molar refractivity (Wildman–Crippen MR) is 64.6 cm³/mol. The quantitative estimate of drug-likeness (QED) is 0.570. The zero-order valence-corrected chi connectivity index (χ0v) is 10.5. The van der Waals surface area contributed by atoms with Gasteiger partial charge in [0.15, 0.2) is 0 Å². The Hall–Kier alpha value is 0.620. The number of hydrogen-bond acceptors (Lipinski definition) is 4. The number of piperazine rings is 1. The molecule has 0 aromatic carbocycles.